The van der Waals surface area contributed by atoms with Gasteiger partial charge in [0.05, 0.1) is 7.11 Å². The monoisotopic (exact) mass is 438 g/mol. The Morgan fingerprint density at radius 3 is 1.62 bits per heavy atom. The normalized spacial score (nSPS) is 16.6. The van der Waals surface area contributed by atoms with E-state index in [1.54, 1.807) is 7.11 Å². The van der Waals surface area contributed by atoms with Gasteiger partial charge in [-0.15, -0.1) is 13.0 Å². The third-order valence-electron chi connectivity index (χ3n) is 3.07. The molecule has 3 rings (SSSR count). The van der Waals surface area contributed by atoms with Gasteiger partial charge in [-0.25, -0.2) is 6.07 Å². The fourth-order valence-corrected chi connectivity index (χ4v) is 3.32. The summed E-state index contributed by atoms with van der Waals surface area (Å²) in [5.74, 6) is 0.782. The van der Waals surface area contributed by atoms with Gasteiger partial charge in [0.1, 0.15) is 0 Å². The van der Waals surface area contributed by atoms with E-state index in [-0.39, 0.29) is 26.2 Å². The fourth-order valence-electron chi connectivity index (χ4n) is 2.06. The second-order valence-corrected chi connectivity index (χ2v) is 11.3. The summed E-state index contributed by atoms with van der Waals surface area (Å²) in [6.45, 7) is 8.91. The summed E-state index contributed by atoms with van der Waals surface area (Å²) < 4.78 is 5.15. The largest absolute Gasteiger partial charge is 2.00 e. The first-order valence-corrected chi connectivity index (χ1v) is 11.9. The minimum absolute atomic E-state index is 0. The molecule has 0 atom stereocenters. The predicted molar refractivity (Wildman–Crippen MR) is 111 cm³/mol. The smallest absolute Gasteiger partial charge is 0.518 e. The number of allylic oxidation sites excluding steroid dienone is 1. The maximum Gasteiger partial charge on any atom is 2.00 e. The van der Waals surface area contributed by atoms with E-state index in [1.165, 1.54) is 5.57 Å². The number of benzene rings is 1. The van der Waals surface area contributed by atoms with Gasteiger partial charge in [0.2, 0.25) is 0 Å². The summed E-state index contributed by atoms with van der Waals surface area (Å²) in [4.78, 5) is 0. The Bertz CT molecular complexity index is 472. The van der Waals surface area contributed by atoms with E-state index in [9.17, 15) is 0 Å². The van der Waals surface area contributed by atoms with Crippen LogP contribution in [0.15, 0.2) is 18.2 Å². The van der Waals surface area contributed by atoms with Crippen molar-refractivity contribution in [3.05, 3.63) is 99.7 Å². The number of ether oxygens (including phenoxy) is 1. The minimum atomic E-state index is -1.28. The molecule has 0 amide bonds. The molecule has 26 heavy (non-hydrogen) atoms. The van der Waals surface area contributed by atoms with Gasteiger partial charge in [0, 0.05) is 5.75 Å². The number of methoxy groups -OCH3 is 1. The third kappa shape index (κ3) is 13.1. The van der Waals surface area contributed by atoms with Gasteiger partial charge >= 0.3 is 26.2 Å². The minimum Gasteiger partial charge on any atom is -0.518 e. The van der Waals surface area contributed by atoms with Crippen LogP contribution >= 0.6 is 0 Å². The van der Waals surface area contributed by atoms with E-state index in [1.807, 2.05) is 82.4 Å². The molecule has 1 aromatic rings. The molecule has 0 N–H and O–H groups in total. The zero-order chi connectivity index (χ0) is 18.5. The van der Waals surface area contributed by atoms with Crippen LogP contribution in [-0.4, -0.2) is 15.2 Å². The molecule has 0 bridgehead atoms. The van der Waals surface area contributed by atoms with E-state index in [2.05, 4.69) is 38.3 Å². The van der Waals surface area contributed by atoms with Crippen LogP contribution in [-0.2, 0) is 26.2 Å². The number of rotatable bonds is 3. The first kappa shape index (κ1) is 25.9. The van der Waals surface area contributed by atoms with Crippen molar-refractivity contribution in [1.82, 2.24) is 0 Å². The summed E-state index contributed by atoms with van der Waals surface area (Å²) in [5.41, 5.74) is 5.81. The molecule has 0 spiro atoms. The molecular formula is C23H28OSiZr. The van der Waals surface area contributed by atoms with Crippen molar-refractivity contribution < 1.29 is 30.9 Å². The second kappa shape index (κ2) is 14.9. The molecule has 0 heterocycles. The molecule has 1 nitrogen and oxygen atoms in total. The molecule has 0 aliphatic heterocycles. The Labute approximate surface area is 183 Å². The maximum atomic E-state index is 5.15. The van der Waals surface area contributed by atoms with Crippen LogP contribution in [0.1, 0.15) is 12.5 Å². The van der Waals surface area contributed by atoms with Crippen molar-refractivity contribution in [3.63, 3.8) is 0 Å². The van der Waals surface area contributed by atoms with Crippen molar-refractivity contribution in [2.45, 2.75) is 26.6 Å². The summed E-state index contributed by atoms with van der Waals surface area (Å²) in [6, 6.07) is 9.16. The van der Waals surface area contributed by atoms with Crippen LogP contribution in [0.3, 0.4) is 0 Å². The molecule has 3 heteroatoms. The summed E-state index contributed by atoms with van der Waals surface area (Å²) >= 11 is 0. The Balaban J connectivity index is 0.000000460. The molecular weight excluding hydrogens is 412 g/mol. The average molecular weight is 440 g/mol. The quantitative estimate of drug-likeness (QED) is 0.439. The van der Waals surface area contributed by atoms with Crippen LogP contribution in [0.2, 0.25) is 19.6 Å². The Hall–Kier alpha value is -0.140. The summed E-state index contributed by atoms with van der Waals surface area (Å²) in [6.07, 6.45) is 20.0. The van der Waals surface area contributed by atoms with Crippen molar-refractivity contribution in [1.29, 1.82) is 0 Å². The number of hydrogen-bond acceptors (Lipinski definition) is 1. The summed E-state index contributed by atoms with van der Waals surface area (Å²) in [5, 5.41) is 0. The van der Waals surface area contributed by atoms with E-state index in [0.717, 1.165) is 11.3 Å². The first-order chi connectivity index (χ1) is 11.9. The van der Waals surface area contributed by atoms with Gasteiger partial charge in [-0.1, -0.05) is 19.6 Å². The van der Waals surface area contributed by atoms with Crippen LogP contribution in [0.4, 0.5) is 0 Å². The molecule has 2 aliphatic carbocycles. The second-order valence-electron chi connectivity index (χ2n) is 6.56. The van der Waals surface area contributed by atoms with Crippen molar-refractivity contribution >= 4 is 13.6 Å². The van der Waals surface area contributed by atoms with Gasteiger partial charge < -0.3 is 16.0 Å². The zero-order valence-corrected chi connectivity index (χ0v) is 19.9. The van der Waals surface area contributed by atoms with E-state index < -0.39 is 8.07 Å². The van der Waals surface area contributed by atoms with Crippen molar-refractivity contribution in [2.75, 3.05) is 7.11 Å². The SMILES string of the molecule is COc1[c-]c(C(C)=[C-][Si](C)(C)C)ccc1.[CH]1[CH][CH][CH][CH]1.[CH]1[CH][CH][CH][CH]1.[Zr+2]. The van der Waals surface area contributed by atoms with Gasteiger partial charge in [0.15, 0.2) is 0 Å². The Kier molecular flexibility index (Phi) is 14.8. The molecule has 2 aliphatic rings. The topological polar surface area (TPSA) is 9.23 Å². The molecule has 134 valence electrons. The molecule has 1 aromatic carbocycles. The molecule has 2 saturated carbocycles. The third-order valence-corrected chi connectivity index (χ3v) is 4.19. The predicted octanol–water partition coefficient (Wildman–Crippen LogP) is 5.62. The van der Waals surface area contributed by atoms with Crippen LogP contribution in [0, 0.1) is 76.0 Å². The van der Waals surface area contributed by atoms with Crippen LogP contribution in [0.5, 0.6) is 5.75 Å². The van der Waals surface area contributed by atoms with Crippen molar-refractivity contribution in [3.8, 4) is 5.75 Å². The van der Waals surface area contributed by atoms with Crippen LogP contribution in [0.25, 0.3) is 5.57 Å². The zero-order valence-electron chi connectivity index (χ0n) is 16.4. The Morgan fingerprint density at radius 2 is 1.27 bits per heavy atom. The van der Waals surface area contributed by atoms with E-state index in [4.69, 9.17) is 4.74 Å². The molecule has 0 aromatic heterocycles. The fraction of sp³-hybridized carbons (Fsp3) is 0.217. The average Bonchev–Trinajstić information content (AvgIpc) is 3.31. The standard InChI is InChI=1S/C13H18OSi.2C5H5.Zr/c1-11(10-15(3,4)5)12-7-6-8-13(9-12)14-2;2*1-2-4-5-3-1;/h6-8H,1-5H3;2*1-5H;/q-2;;;+2. The first-order valence-electron chi connectivity index (χ1n) is 8.44. The van der Waals surface area contributed by atoms with E-state index >= 15 is 0 Å². The van der Waals surface area contributed by atoms with Gasteiger partial charge in [-0.3, -0.25) is 5.56 Å². The van der Waals surface area contributed by atoms with Crippen LogP contribution < -0.4 is 4.74 Å². The molecule has 10 radical (unpaired) electrons. The number of hydrogen-bond donors (Lipinski definition) is 0. The van der Waals surface area contributed by atoms with E-state index in [0.29, 0.717) is 0 Å². The van der Waals surface area contributed by atoms with Gasteiger partial charge in [-0.05, 0) is 72.3 Å². The van der Waals surface area contributed by atoms with Gasteiger partial charge in [0.25, 0.3) is 0 Å². The van der Waals surface area contributed by atoms with Crippen molar-refractivity contribution in [2.24, 2.45) is 0 Å². The summed E-state index contributed by atoms with van der Waals surface area (Å²) in [7, 11) is 0.385. The molecule has 0 unspecified atom stereocenters. The maximum absolute atomic E-state index is 5.15. The molecule has 2 fully saturated rings. The molecule has 0 saturated heterocycles. The van der Waals surface area contributed by atoms with Gasteiger partial charge in [-0.2, -0.15) is 12.1 Å². The Morgan fingerprint density at radius 1 is 0.846 bits per heavy atom.